The van der Waals surface area contributed by atoms with Crippen LogP contribution < -0.4 is 10.2 Å². The molecule has 0 saturated carbocycles. The van der Waals surface area contributed by atoms with E-state index in [0.29, 0.717) is 17.1 Å². The molecule has 0 fully saturated rings. The number of aromatic nitrogens is 1. The molecule has 0 bridgehead atoms. The summed E-state index contributed by atoms with van der Waals surface area (Å²) in [6.07, 6.45) is 3.11. The van der Waals surface area contributed by atoms with Crippen LogP contribution in [-0.4, -0.2) is 34.9 Å². The van der Waals surface area contributed by atoms with Crippen LogP contribution in [0.2, 0.25) is 0 Å². The number of nitrogens with one attached hydrogen (secondary N) is 1. The smallest absolute Gasteiger partial charge is 0.262 e. The van der Waals surface area contributed by atoms with Crippen molar-refractivity contribution in [3.8, 4) is 11.5 Å². The van der Waals surface area contributed by atoms with Crippen molar-refractivity contribution in [1.29, 1.82) is 0 Å². The number of benzene rings is 2. The Labute approximate surface area is 187 Å². The highest BCUT2D eigenvalue weighted by molar-refractivity contribution is 7.89. The highest BCUT2D eigenvalue weighted by Gasteiger charge is 2.38. The van der Waals surface area contributed by atoms with Crippen LogP contribution in [0, 0.1) is 5.92 Å². The summed E-state index contributed by atoms with van der Waals surface area (Å²) >= 11 is 0. The van der Waals surface area contributed by atoms with Gasteiger partial charge in [-0.15, -0.1) is 0 Å². The molecule has 0 aliphatic carbocycles. The standard InChI is InChI=1S/C23H25N3O5S/c1-17(2)22(23(27)25-28)26(16-18-7-6-14-24-15-18)32(29,30)21-12-10-20(11-13-21)31-19-8-4-3-5-9-19/h3-15,17,22,28H,16H2,1-2H3,(H,25,27)/t22-/m1/s1. The Morgan fingerprint density at radius 1 is 1.03 bits per heavy atom. The van der Waals surface area contributed by atoms with Crippen LogP contribution in [0.4, 0.5) is 0 Å². The normalized spacial score (nSPS) is 12.5. The van der Waals surface area contributed by atoms with Crippen LogP contribution >= 0.6 is 0 Å². The van der Waals surface area contributed by atoms with E-state index in [1.54, 1.807) is 61.9 Å². The third-order valence-corrected chi connectivity index (χ3v) is 6.63. The molecular weight excluding hydrogens is 430 g/mol. The van der Waals surface area contributed by atoms with Crippen molar-refractivity contribution in [2.45, 2.75) is 31.3 Å². The number of para-hydroxylation sites is 1. The molecule has 9 heteroatoms. The van der Waals surface area contributed by atoms with Gasteiger partial charge in [0.1, 0.15) is 17.5 Å². The molecule has 0 saturated heterocycles. The van der Waals surface area contributed by atoms with Crippen molar-refractivity contribution in [3.63, 3.8) is 0 Å². The highest BCUT2D eigenvalue weighted by atomic mass is 32.2. The van der Waals surface area contributed by atoms with Gasteiger partial charge in [-0.3, -0.25) is 15.0 Å². The first-order valence-electron chi connectivity index (χ1n) is 10.0. The Kier molecular flexibility index (Phi) is 7.57. The van der Waals surface area contributed by atoms with Gasteiger partial charge in [-0.1, -0.05) is 38.1 Å². The number of pyridine rings is 1. The van der Waals surface area contributed by atoms with Gasteiger partial charge in [0.15, 0.2) is 0 Å². The summed E-state index contributed by atoms with van der Waals surface area (Å²) in [6, 6.07) is 17.4. The number of carbonyl (C=O) groups is 1. The van der Waals surface area contributed by atoms with Crippen molar-refractivity contribution in [2.75, 3.05) is 0 Å². The van der Waals surface area contributed by atoms with E-state index in [2.05, 4.69) is 4.98 Å². The van der Waals surface area contributed by atoms with Gasteiger partial charge in [0.25, 0.3) is 5.91 Å². The number of sulfonamides is 1. The summed E-state index contributed by atoms with van der Waals surface area (Å²) in [5.74, 6) is -0.117. The molecule has 0 aliphatic rings. The van der Waals surface area contributed by atoms with Gasteiger partial charge in [0.2, 0.25) is 10.0 Å². The van der Waals surface area contributed by atoms with Crippen LogP contribution in [0.25, 0.3) is 0 Å². The highest BCUT2D eigenvalue weighted by Crippen LogP contribution is 2.27. The van der Waals surface area contributed by atoms with Crippen molar-refractivity contribution in [1.82, 2.24) is 14.8 Å². The zero-order valence-corrected chi connectivity index (χ0v) is 18.6. The molecule has 1 atom stereocenters. The first-order valence-corrected chi connectivity index (χ1v) is 11.4. The zero-order chi connectivity index (χ0) is 23.1. The lowest BCUT2D eigenvalue weighted by molar-refractivity contribution is -0.134. The van der Waals surface area contributed by atoms with Crippen molar-refractivity contribution in [2.24, 2.45) is 5.92 Å². The number of carbonyl (C=O) groups excluding carboxylic acids is 1. The van der Waals surface area contributed by atoms with E-state index in [1.807, 2.05) is 18.2 Å². The summed E-state index contributed by atoms with van der Waals surface area (Å²) in [4.78, 5) is 16.4. The third kappa shape index (κ3) is 5.50. The van der Waals surface area contributed by atoms with Gasteiger partial charge < -0.3 is 4.74 Å². The maximum absolute atomic E-state index is 13.6. The molecule has 0 unspecified atom stereocenters. The number of hydroxylamine groups is 1. The van der Waals surface area contributed by atoms with E-state index < -0.39 is 27.9 Å². The lowest BCUT2D eigenvalue weighted by atomic mass is 10.0. The fraction of sp³-hybridized carbons (Fsp3) is 0.217. The van der Waals surface area contributed by atoms with Crippen LogP contribution in [0.1, 0.15) is 19.4 Å². The quantitative estimate of drug-likeness (QED) is 0.377. The molecule has 2 N–H and O–H groups in total. The minimum absolute atomic E-state index is 0.00167. The van der Waals surface area contributed by atoms with E-state index >= 15 is 0 Å². The summed E-state index contributed by atoms with van der Waals surface area (Å²) in [7, 11) is -4.11. The number of nitrogens with zero attached hydrogens (tertiary/aromatic N) is 2. The minimum Gasteiger partial charge on any atom is -0.457 e. The second-order valence-corrected chi connectivity index (χ2v) is 9.35. The van der Waals surface area contributed by atoms with Crippen molar-refractivity contribution in [3.05, 3.63) is 84.7 Å². The number of ether oxygens (including phenoxy) is 1. The minimum atomic E-state index is -4.11. The van der Waals surface area contributed by atoms with Crippen molar-refractivity contribution < 1.29 is 23.2 Å². The molecule has 3 rings (SSSR count). The molecule has 2 aromatic carbocycles. The van der Waals surface area contributed by atoms with Crippen molar-refractivity contribution >= 4 is 15.9 Å². The van der Waals surface area contributed by atoms with Gasteiger partial charge in [-0.25, -0.2) is 13.9 Å². The summed E-state index contributed by atoms with van der Waals surface area (Å²) in [6.45, 7) is 3.33. The van der Waals surface area contributed by atoms with E-state index in [9.17, 15) is 18.4 Å². The molecule has 168 valence electrons. The average Bonchev–Trinajstić information content (AvgIpc) is 2.80. The summed E-state index contributed by atoms with van der Waals surface area (Å²) in [5, 5.41) is 9.23. The molecule has 1 heterocycles. The van der Waals surface area contributed by atoms with Gasteiger partial charge in [-0.2, -0.15) is 4.31 Å². The molecule has 3 aromatic rings. The first kappa shape index (κ1) is 23.4. The Morgan fingerprint density at radius 3 is 2.25 bits per heavy atom. The molecular formula is C23H25N3O5S. The van der Waals surface area contributed by atoms with E-state index in [-0.39, 0.29) is 11.4 Å². The van der Waals surface area contributed by atoms with Gasteiger partial charge >= 0.3 is 0 Å². The lowest BCUT2D eigenvalue weighted by Gasteiger charge is -2.32. The number of hydrogen-bond donors (Lipinski definition) is 2. The molecule has 0 aliphatic heterocycles. The topological polar surface area (TPSA) is 109 Å². The summed E-state index contributed by atoms with van der Waals surface area (Å²) in [5.41, 5.74) is 2.20. The Bertz CT molecular complexity index is 1120. The lowest BCUT2D eigenvalue weighted by Crippen LogP contribution is -2.51. The monoisotopic (exact) mass is 455 g/mol. The van der Waals surface area contributed by atoms with Gasteiger partial charge in [0, 0.05) is 18.9 Å². The Morgan fingerprint density at radius 2 is 1.69 bits per heavy atom. The fourth-order valence-electron chi connectivity index (χ4n) is 3.28. The first-order chi connectivity index (χ1) is 15.3. The second kappa shape index (κ2) is 10.4. The number of rotatable bonds is 9. The number of hydrogen-bond acceptors (Lipinski definition) is 6. The number of amides is 1. The molecule has 8 nitrogen and oxygen atoms in total. The molecule has 0 radical (unpaired) electrons. The molecule has 32 heavy (non-hydrogen) atoms. The average molecular weight is 456 g/mol. The van der Waals surface area contributed by atoms with Gasteiger partial charge in [0.05, 0.1) is 4.90 Å². The Balaban J connectivity index is 1.95. The van der Waals surface area contributed by atoms with E-state index in [1.165, 1.54) is 18.3 Å². The molecule has 1 amide bonds. The SMILES string of the molecule is CC(C)[C@H](C(=O)NO)N(Cc1cccnc1)S(=O)(=O)c1ccc(Oc2ccccc2)cc1. The molecule has 1 aromatic heterocycles. The van der Waals surface area contributed by atoms with Crippen LogP contribution in [0.15, 0.2) is 84.0 Å². The van der Waals surface area contributed by atoms with Crippen LogP contribution in [0.5, 0.6) is 11.5 Å². The Hall–Kier alpha value is -3.27. The van der Waals surface area contributed by atoms with E-state index in [4.69, 9.17) is 4.74 Å². The van der Waals surface area contributed by atoms with Crippen LogP contribution in [0.3, 0.4) is 0 Å². The van der Waals surface area contributed by atoms with E-state index in [0.717, 1.165) is 4.31 Å². The molecule has 0 spiro atoms. The van der Waals surface area contributed by atoms with Gasteiger partial charge in [-0.05, 0) is 53.9 Å². The third-order valence-electron chi connectivity index (χ3n) is 4.79. The summed E-state index contributed by atoms with van der Waals surface area (Å²) < 4.78 is 34.0. The maximum atomic E-state index is 13.6. The van der Waals surface area contributed by atoms with Crippen LogP contribution in [-0.2, 0) is 21.4 Å². The maximum Gasteiger partial charge on any atom is 0.262 e. The largest absolute Gasteiger partial charge is 0.457 e. The fourth-order valence-corrected chi connectivity index (χ4v) is 4.98. The second-order valence-electron chi connectivity index (χ2n) is 7.46. The predicted molar refractivity (Wildman–Crippen MR) is 118 cm³/mol. The predicted octanol–water partition coefficient (Wildman–Crippen LogP) is 3.59. The zero-order valence-electron chi connectivity index (χ0n) is 17.8.